The number of piperidine rings is 1. The second-order valence-electron chi connectivity index (χ2n) is 6.06. The maximum atomic E-state index is 3.48. The van der Waals surface area contributed by atoms with Crippen LogP contribution in [0, 0.1) is 5.92 Å². The number of nitrogens with one attached hydrogen (secondary N) is 1. The van der Waals surface area contributed by atoms with Crippen LogP contribution in [0.25, 0.3) is 0 Å². The molecule has 1 aliphatic rings. The molecular weight excluding hydrogens is 256 g/mol. The maximum Gasteiger partial charge on any atom is 0.0400 e. The van der Waals surface area contributed by atoms with Crippen molar-refractivity contribution in [3.05, 3.63) is 60.2 Å². The Kier molecular flexibility index (Phi) is 4.44. The van der Waals surface area contributed by atoms with Crippen LogP contribution in [0.5, 0.6) is 0 Å². The maximum absolute atomic E-state index is 3.48. The average Bonchev–Trinajstić information content (AvgIpc) is 2.55. The molecule has 0 saturated carbocycles. The van der Waals surface area contributed by atoms with Gasteiger partial charge in [-0.1, -0.05) is 37.3 Å². The van der Waals surface area contributed by atoms with Gasteiger partial charge in [-0.05, 0) is 48.6 Å². The molecule has 1 heterocycles. The van der Waals surface area contributed by atoms with E-state index in [1.54, 1.807) is 0 Å². The van der Waals surface area contributed by atoms with Crippen LogP contribution in [-0.4, -0.2) is 13.1 Å². The van der Waals surface area contributed by atoms with Crippen LogP contribution in [-0.2, 0) is 6.54 Å². The normalized spacial score (nSPS) is 16.0. The molecule has 2 heteroatoms. The molecule has 21 heavy (non-hydrogen) atoms. The predicted octanol–water partition coefficient (Wildman–Crippen LogP) is 4.54. The van der Waals surface area contributed by atoms with Crippen molar-refractivity contribution < 1.29 is 0 Å². The van der Waals surface area contributed by atoms with E-state index < -0.39 is 0 Å². The second-order valence-corrected chi connectivity index (χ2v) is 6.06. The third kappa shape index (κ3) is 3.78. The summed E-state index contributed by atoms with van der Waals surface area (Å²) in [5.74, 6) is 0.882. The van der Waals surface area contributed by atoms with Gasteiger partial charge in [0.2, 0.25) is 0 Å². The summed E-state index contributed by atoms with van der Waals surface area (Å²) < 4.78 is 0. The first-order valence-electron chi connectivity index (χ1n) is 7.94. The molecule has 1 aliphatic heterocycles. The zero-order valence-corrected chi connectivity index (χ0v) is 12.8. The first-order chi connectivity index (χ1) is 10.3. The molecule has 0 unspecified atom stereocenters. The van der Waals surface area contributed by atoms with E-state index in [-0.39, 0.29) is 0 Å². The van der Waals surface area contributed by atoms with Gasteiger partial charge in [-0.25, -0.2) is 0 Å². The van der Waals surface area contributed by atoms with Gasteiger partial charge in [0.25, 0.3) is 0 Å². The van der Waals surface area contributed by atoms with Crippen molar-refractivity contribution >= 4 is 11.4 Å². The van der Waals surface area contributed by atoms with E-state index in [1.807, 2.05) is 0 Å². The first kappa shape index (κ1) is 14.0. The molecule has 3 rings (SSSR count). The van der Waals surface area contributed by atoms with Crippen LogP contribution in [0.1, 0.15) is 25.3 Å². The fourth-order valence-corrected chi connectivity index (χ4v) is 2.86. The number of anilines is 2. The molecule has 0 bridgehead atoms. The van der Waals surface area contributed by atoms with Gasteiger partial charge in [-0.3, -0.25) is 0 Å². The predicted molar refractivity (Wildman–Crippen MR) is 90.8 cm³/mol. The molecule has 0 amide bonds. The third-order valence-corrected chi connectivity index (χ3v) is 4.36. The van der Waals surface area contributed by atoms with Crippen molar-refractivity contribution in [1.82, 2.24) is 0 Å². The molecule has 2 aromatic rings. The molecule has 110 valence electrons. The fourth-order valence-electron chi connectivity index (χ4n) is 2.86. The fraction of sp³-hybridized carbons (Fsp3) is 0.368. The molecule has 0 radical (unpaired) electrons. The molecule has 0 aliphatic carbocycles. The van der Waals surface area contributed by atoms with E-state index in [1.165, 1.54) is 42.9 Å². The Morgan fingerprint density at radius 3 is 2.29 bits per heavy atom. The van der Waals surface area contributed by atoms with Crippen LogP contribution in [0.2, 0.25) is 0 Å². The zero-order valence-electron chi connectivity index (χ0n) is 12.8. The summed E-state index contributed by atoms with van der Waals surface area (Å²) in [6, 6.07) is 19.4. The minimum Gasteiger partial charge on any atom is -0.381 e. The molecule has 0 atom stereocenters. The minimum absolute atomic E-state index is 0.876. The van der Waals surface area contributed by atoms with E-state index in [0.29, 0.717) is 0 Å². The summed E-state index contributed by atoms with van der Waals surface area (Å²) in [6.07, 6.45) is 2.63. The monoisotopic (exact) mass is 280 g/mol. The standard InChI is InChI=1S/C19H24N2/c1-16-11-13-21(14-12-16)19-9-7-18(8-10-19)20-15-17-5-3-2-4-6-17/h2-10,16,20H,11-15H2,1H3. The lowest BCUT2D eigenvalue weighted by molar-refractivity contribution is 0.438. The van der Waals surface area contributed by atoms with E-state index in [2.05, 4.69) is 71.7 Å². The third-order valence-electron chi connectivity index (χ3n) is 4.36. The van der Waals surface area contributed by atoms with Gasteiger partial charge >= 0.3 is 0 Å². The van der Waals surface area contributed by atoms with Gasteiger partial charge in [0.15, 0.2) is 0 Å². The van der Waals surface area contributed by atoms with Crippen LogP contribution in [0.15, 0.2) is 54.6 Å². The summed E-state index contributed by atoms with van der Waals surface area (Å²) in [4.78, 5) is 2.50. The topological polar surface area (TPSA) is 15.3 Å². The molecule has 2 nitrogen and oxygen atoms in total. The highest BCUT2D eigenvalue weighted by atomic mass is 15.1. The van der Waals surface area contributed by atoms with Crippen LogP contribution in [0.3, 0.4) is 0 Å². The Labute approximate surface area is 127 Å². The van der Waals surface area contributed by atoms with Gasteiger partial charge in [0.1, 0.15) is 0 Å². The van der Waals surface area contributed by atoms with E-state index in [0.717, 1.165) is 12.5 Å². The van der Waals surface area contributed by atoms with Crippen molar-refractivity contribution in [2.24, 2.45) is 5.92 Å². The zero-order chi connectivity index (χ0) is 14.5. The lowest BCUT2D eigenvalue weighted by atomic mass is 9.99. The average molecular weight is 280 g/mol. The molecule has 1 fully saturated rings. The molecule has 1 saturated heterocycles. The quantitative estimate of drug-likeness (QED) is 0.885. The molecule has 0 spiro atoms. The smallest absolute Gasteiger partial charge is 0.0400 e. The van der Waals surface area contributed by atoms with Crippen molar-refractivity contribution in [3.8, 4) is 0 Å². The van der Waals surface area contributed by atoms with Crippen molar-refractivity contribution in [1.29, 1.82) is 0 Å². The Balaban J connectivity index is 1.57. The number of hydrogen-bond donors (Lipinski definition) is 1. The lowest BCUT2D eigenvalue weighted by Gasteiger charge is -2.32. The summed E-state index contributed by atoms with van der Waals surface area (Å²) >= 11 is 0. The van der Waals surface area contributed by atoms with Gasteiger partial charge in [-0.15, -0.1) is 0 Å². The van der Waals surface area contributed by atoms with Gasteiger partial charge < -0.3 is 10.2 Å². The van der Waals surface area contributed by atoms with Crippen molar-refractivity contribution in [2.45, 2.75) is 26.3 Å². The largest absolute Gasteiger partial charge is 0.381 e. The molecule has 0 aromatic heterocycles. The Hall–Kier alpha value is -1.96. The van der Waals surface area contributed by atoms with E-state index in [9.17, 15) is 0 Å². The Bertz CT molecular complexity index is 540. The van der Waals surface area contributed by atoms with E-state index >= 15 is 0 Å². The van der Waals surface area contributed by atoms with Gasteiger partial charge in [0, 0.05) is 31.0 Å². The molecular formula is C19H24N2. The highest BCUT2D eigenvalue weighted by molar-refractivity contribution is 5.55. The van der Waals surface area contributed by atoms with Crippen LogP contribution >= 0.6 is 0 Å². The molecule has 1 N–H and O–H groups in total. The van der Waals surface area contributed by atoms with Gasteiger partial charge in [0.05, 0.1) is 0 Å². The Morgan fingerprint density at radius 2 is 1.62 bits per heavy atom. The Morgan fingerprint density at radius 1 is 0.952 bits per heavy atom. The van der Waals surface area contributed by atoms with Crippen molar-refractivity contribution in [2.75, 3.05) is 23.3 Å². The number of nitrogens with zero attached hydrogens (tertiary/aromatic N) is 1. The minimum atomic E-state index is 0.876. The van der Waals surface area contributed by atoms with Crippen LogP contribution < -0.4 is 10.2 Å². The summed E-state index contributed by atoms with van der Waals surface area (Å²) in [7, 11) is 0. The second kappa shape index (κ2) is 6.66. The van der Waals surface area contributed by atoms with E-state index in [4.69, 9.17) is 0 Å². The number of hydrogen-bond acceptors (Lipinski definition) is 2. The summed E-state index contributed by atoms with van der Waals surface area (Å²) in [5.41, 5.74) is 3.85. The molecule has 2 aromatic carbocycles. The van der Waals surface area contributed by atoms with Gasteiger partial charge in [-0.2, -0.15) is 0 Å². The number of benzene rings is 2. The SMILES string of the molecule is CC1CCN(c2ccc(NCc3ccccc3)cc2)CC1. The van der Waals surface area contributed by atoms with Crippen LogP contribution in [0.4, 0.5) is 11.4 Å². The van der Waals surface area contributed by atoms with Crippen molar-refractivity contribution in [3.63, 3.8) is 0 Å². The highest BCUT2D eigenvalue weighted by Crippen LogP contribution is 2.24. The number of rotatable bonds is 4. The highest BCUT2D eigenvalue weighted by Gasteiger charge is 2.15. The summed E-state index contributed by atoms with van der Waals surface area (Å²) in [6.45, 7) is 5.62. The summed E-state index contributed by atoms with van der Waals surface area (Å²) in [5, 5.41) is 3.48. The lowest BCUT2D eigenvalue weighted by Crippen LogP contribution is -2.32. The first-order valence-corrected chi connectivity index (χ1v) is 7.94.